The lowest BCUT2D eigenvalue weighted by atomic mass is 10.1. The SMILES string of the molecule is CON(C)S(=O)(=O)c1ccc(C(=O)Nc2ccccc2-c2cccs2)cc1. The topological polar surface area (TPSA) is 75.7 Å². The molecule has 8 heteroatoms. The van der Waals surface area contributed by atoms with Crippen LogP contribution < -0.4 is 5.32 Å². The highest BCUT2D eigenvalue weighted by molar-refractivity contribution is 7.89. The average molecular weight is 402 g/mol. The third kappa shape index (κ3) is 4.09. The Morgan fingerprint density at radius 1 is 1.04 bits per heavy atom. The molecule has 2 aromatic carbocycles. The number of rotatable bonds is 6. The summed E-state index contributed by atoms with van der Waals surface area (Å²) in [5.74, 6) is -0.317. The maximum atomic E-state index is 12.6. The molecule has 0 bridgehead atoms. The number of hydrogen-bond acceptors (Lipinski definition) is 5. The van der Waals surface area contributed by atoms with Gasteiger partial charge in [0.15, 0.2) is 0 Å². The molecule has 0 fully saturated rings. The highest BCUT2D eigenvalue weighted by Crippen LogP contribution is 2.31. The predicted molar refractivity (Wildman–Crippen MR) is 106 cm³/mol. The highest BCUT2D eigenvalue weighted by Gasteiger charge is 2.21. The minimum Gasteiger partial charge on any atom is -0.321 e. The summed E-state index contributed by atoms with van der Waals surface area (Å²) in [6.07, 6.45) is 0. The van der Waals surface area contributed by atoms with Gasteiger partial charge < -0.3 is 5.32 Å². The van der Waals surface area contributed by atoms with Gasteiger partial charge in [0.1, 0.15) is 0 Å². The first kappa shape index (κ1) is 19.2. The lowest BCUT2D eigenvalue weighted by Crippen LogP contribution is -2.25. The second kappa shape index (κ2) is 8.01. The molecule has 0 aliphatic rings. The van der Waals surface area contributed by atoms with E-state index in [1.165, 1.54) is 38.4 Å². The van der Waals surface area contributed by atoms with Gasteiger partial charge in [-0.25, -0.2) is 8.42 Å². The van der Waals surface area contributed by atoms with Crippen molar-refractivity contribution in [3.63, 3.8) is 0 Å². The van der Waals surface area contributed by atoms with E-state index in [1.54, 1.807) is 11.3 Å². The van der Waals surface area contributed by atoms with Crippen molar-refractivity contribution in [3.8, 4) is 10.4 Å². The number of hydrogen-bond donors (Lipinski definition) is 1. The van der Waals surface area contributed by atoms with E-state index in [9.17, 15) is 13.2 Å². The molecule has 0 spiro atoms. The Morgan fingerprint density at radius 3 is 2.37 bits per heavy atom. The third-order valence-corrected chi connectivity index (χ3v) is 6.57. The number of sulfonamides is 1. The van der Waals surface area contributed by atoms with Crippen LogP contribution in [0.3, 0.4) is 0 Å². The third-order valence-electron chi connectivity index (χ3n) is 3.97. The number of anilines is 1. The van der Waals surface area contributed by atoms with Crippen molar-refractivity contribution in [1.29, 1.82) is 0 Å². The van der Waals surface area contributed by atoms with E-state index in [0.29, 0.717) is 11.3 Å². The maximum Gasteiger partial charge on any atom is 0.264 e. The van der Waals surface area contributed by atoms with Crippen LogP contribution in [0.5, 0.6) is 0 Å². The molecule has 0 saturated heterocycles. The van der Waals surface area contributed by atoms with E-state index in [-0.39, 0.29) is 10.8 Å². The fraction of sp³-hybridized carbons (Fsp3) is 0.105. The zero-order chi connectivity index (χ0) is 19.4. The highest BCUT2D eigenvalue weighted by atomic mass is 32.2. The summed E-state index contributed by atoms with van der Waals surface area (Å²) < 4.78 is 25.2. The number of para-hydroxylation sites is 1. The van der Waals surface area contributed by atoms with Crippen LogP contribution in [0, 0.1) is 0 Å². The van der Waals surface area contributed by atoms with E-state index in [4.69, 9.17) is 4.84 Å². The molecule has 0 radical (unpaired) electrons. The zero-order valence-corrected chi connectivity index (χ0v) is 16.4. The molecular formula is C19H18N2O4S2. The summed E-state index contributed by atoms with van der Waals surface area (Å²) in [5, 5.41) is 4.87. The van der Waals surface area contributed by atoms with E-state index in [2.05, 4.69) is 5.32 Å². The molecule has 1 heterocycles. The lowest BCUT2D eigenvalue weighted by Gasteiger charge is -2.14. The molecule has 1 N–H and O–H groups in total. The molecular weight excluding hydrogens is 384 g/mol. The fourth-order valence-electron chi connectivity index (χ4n) is 2.46. The first-order valence-corrected chi connectivity index (χ1v) is 10.3. The van der Waals surface area contributed by atoms with E-state index >= 15 is 0 Å². The lowest BCUT2D eigenvalue weighted by molar-refractivity contribution is -0.0258. The van der Waals surface area contributed by atoms with Crippen LogP contribution in [0.2, 0.25) is 0 Å². The molecule has 27 heavy (non-hydrogen) atoms. The Kier molecular flexibility index (Phi) is 5.71. The summed E-state index contributed by atoms with van der Waals surface area (Å²) in [4.78, 5) is 18.4. The normalized spacial score (nSPS) is 11.5. The minimum absolute atomic E-state index is 0.0439. The van der Waals surface area contributed by atoms with Crippen LogP contribution in [0.4, 0.5) is 5.69 Å². The molecule has 1 aromatic heterocycles. The molecule has 3 aromatic rings. The van der Waals surface area contributed by atoms with Crippen molar-refractivity contribution < 1.29 is 18.0 Å². The van der Waals surface area contributed by atoms with Gasteiger partial charge in [0.25, 0.3) is 15.9 Å². The number of nitrogens with zero attached hydrogens (tertiary/aromatic N) is 1. The van der Waals surface area contributed by atoms with Gasteiger partial charge >= 0.3 is 0 Å². The molecule has 1 amide bonds. The summed E-state index contributed by atoms with van der Waals surface area (Å²) >= 11 is 1.59. The van der Waals surface area contributed by atoms with Gasteiger partial charge in [0.2, 0.25) is 0 Å². The van der Waals surface area contributed by atoms with E-state index in [1.807, 2.05) is 41.8 Å². The molecule has 140 valence electrons. The van der Waals surface area contributed by atoms with Crippen LogP contribution in [-0.2, 0) is 14.9 Å². The van der Waals surface area contributed by atoms with Crippen LogP contribution >= 0.6 is 11.3 Å². The van der Waals surface area contributed by atoms with Crippen LogP contribution in [0.1, 0.15) is 10.4 Å². The van der Waals surface area contributed by atoms with Gasteiger partial charge in [-0.2, -0.15) is 0 Å². The first-order chi connectivity index (χ1) is 12.9. The van der Waals surface area contributed by atoms with Gasteiger partial charge in [-0.15, -0.1) is 11.3 Å². The second-order valence-electron chi connectivity index (χ2n) is 5.60. The van der Waals surface area contributed by atoms with Crippen molar-refractivity contribution in [2.24, 2.45) is 0 Å². The van der Waals surface area contributed by atoms with Gasteiger partial charge in [-0.05, 0) is 41.8 Å². The Bertz CT molecular complexity index is 1030. The summed E-state index contributed by atoms with van der Waals surface area (Å²) in [6.45, 7) is 0. The molecule has 0 atom stereocenters. The summed E-state index contributed by atoms with van der Waals surface area (Å²) in [6, 6.07) is 17.2. The zero-order valence-electron chi connectivity index (χ0n) is 14.7. The van der Waals surface area contributed by atoms with Gasteiger partial charge in [0.05, 0.1) is 12.0 Å². The number of benzene rings is 2. The fourth-order valence-corrected chi connectivity index (χ4v) is 4.20. The van der Waals surface area contributed by atoms with Gasteiger partial charge in [-0.3, -0.25) is 9.63 Å². The number of hydroxylamine groups is 1. The van der Waals surface area contributed by atoms with E-state index < -0.39 is 10.0 Å². The summed E-state index contributed by atoms with van der Waals surface area (Å²) in [7, 11) is -1.17. The quantitative estimate of drug-likeness (QED) is 0.636. The Labute approximate surface area is 162 Å². The van der Waals surface area contributed by atoms with E-state index in [0.717, 1.165) is 14.9 Å². The van der Waals surface area contributed by atoms with Gasteiger partial charge in [0, 0.05) is 28.7 Å². The summed E-state index contributed by atoms with van der Waals surface area (Å²) in [5.41, 5.74) is 1.98. The number of carbonyl (C=O) groups excluding carboxylic acids is 1. The Morgan fingerprint density at radius 2 is 1.74 bits per heavy atom. The van der Waals surface area contributed by atoms with Crippen molar-refractivity contribution in [2.75, 3.05) is 19.5 Å². The number of carbonyl (C=O) groups is 1. The Balaban J connectivity index is 1.82. The van der Waals surface area contributed by atoms with Gasteiger partial charge in [-0.1, -0.05) is 28.7 Å². The first-order valence-electron chi connectivity index (χ1n) is 8.01. The van der Waals surface area contributed by atoms with Crippen molar-refractivity contribution >= 4 is 33.0 Å². The second-order valence-corrected chi connectivity index (χ2v) is 8.48. The van der Waals surface area contributed by atoms with Crippen LogP contribution in [0.15, 0.2) is 70.9 Å². The number of thiophene rings is 1. The van der Waals surface area contributed by atoms with Crippen LogP contribution in [-0.4, -0.2) is 33.0 Å². The number of amides is 1. The molecule has 0 saturated carbocycles. The minimum atomic E-state index is -3.75. The van der Waals surface area contributed by atoms with Crippen molar-refractivity contribution in [3.05, 3.63) is 71.6 Å². The molecule has 6 nitrogen and oxygen atoms in total. The smallest absolute Gasteiger partial charge is 0.264 e. The Hall–Kier alpha value is -2.52. The van der Waals surface area contributed by atoms with Crippen molar-refractivity contribution in [2.45, 2.75) is 4.90 Å². The maximum absolute atomic E-state index is 12.6. The molecule has 0 aliphatic heterocycles. The van der Waals surface area contributed by atoms with Crippen molar-refractivity contribution in [1.82, 2.24) is 4.47 Å². The number of nitrogens with one attached hydrogen (secondary N) is 1. The predicted octanol–water partition coefficient (Wildman–Crippen LogP) is 3.85. The molecule has 0 aliphatic carbocycles. The molecule has 0 unspecified atom stereocenters. The largest absolute Gasteiger partial charge is 0.321 e. The van der Waals surface area contributed by atoms with Crippen LogP contribution in [0.25, 0.3) is 10.4 Å². The monoisotopic (exact) mass is 402 g/mol. The standard InChI is InChI=1S/C19H18N2O4S2/c1-21(25-2)27(23,24)15-11-9-14(10-12-15)19(22)20-17-7-4-3-6-16(17)18-8-5-13-26-18/h3-13H,1-2H3,(H,20,22). The average Bonchev–Trinajstić information content (AvgIpc) is 3.22. The molecule has 3 rings (SSSR count).